The molecule has 0 saturated heterocycles. The molecule has 0 aliphatic rings. The number of carboxylic acid groups (broad SMARTS) is 4. The highest BCUT2D eigenvalue weighted by molar-refractivity contribution is 5.75. The normalized spacial score (nSPS) is 5.95. The fourth-order valence-corrected chi connectivity index (χ4v) is 0. The van der Waals surface area contributed by atoms with Gasteiger partial charge in [0.05, 0.1) is 0 Å². The standard InChI is InChI=1S/C2H5NO.4C2H4O2.Mg.2H/c5*1-2(3)4;;;/h1H3,(H2,3,4);4*1H3,(H,3,4);;;. The maximum Gasteiger partial charge on any atom is 0.316 e. The van der Waals surface area contributed by atoms with Crippen LogP contribution >= 0.6 is 0 Å². The zero-order valence-corrected chi connectivity index (χ0v) is 11.9. The Morgan fingerprint density at radius 2 is 0.571 bits per heavy atom. The summed E-state index contributed by atoms with van der Waals surface area (Å²) in [5, 5.41) is 29.7. The Bertz CT molecular complexity index is 215. The lowest BCUT2D eigenvalue weighted by atomic mass is 10.8. The van der Waals surface area contributed by atoms with Gasteiger partial charge < -0.3 is 26.2 Å². The molecule has 0 aliphatic heterocycles. The molecule has 0 spiro atoms. The lowest BCUT2D eigenvalue weighted by Gasteiger charge is -1.60. The zero-order valence-electron chi connectivity index (χ0n) is 11.9. The summed E-state index contributed by atoms with van der Waals surface area (Å²) < 4.78 is 0. The van der Waals surface area contributed by atoms with Crippen LogP contribution in [-0.4, -0.2) is 73.3 Å². The summed E-state index contributed by atoms with van der Waals surface area (Å²) in [5.74, 6) is -3.67. The van der Waals surface area contributed by atoms with E-state index in [-0.39, 0.29) is 29.0 Å². The van der Waals surface area contributed by atoms with Gasteiger partial charge in [0.1, 0.15) is 0 Å². The van der Waals surface area contributed by atoms with Crippen LogP contribution < -0.4 is 5.73 Å². The molecule has 0 radical (unpaired) electrons. The summed E-state index contributed by atoms with van der Waals surface area (Å²) in [6.07, 6.45) is 0. The van der Waals surface area contributed by atoms with Crippen LogP contribution in [0.5, 0.6) is 0 Å². The molecule has 0 aliphatic carbocycles. The highest BCUT2D eigenvalue weighted by atomic mass is 24.3. The van der Waals surface area contributed by atoms with Gasteiger partial charge in [-0.05, 0) is 0 Å². The van der Waals surface area contributed by atoms with E-state index in [1.807, 2.05) is 0 Å². The first-order chi connectivity index (χ1) is 8.66. The molecule has 0 saturated carbocycles. The molecule has 10 nitrogen and oxygen atoms in total. The average Bonchev–Trinajstić information content (AvgIpc) is 1.94. The third-order valence-corrected chi connectivity index (χ3v) is 0. The maximum atomic E-state index is 9.22. The highest BCUT2D eigenvalue weighted by Crippen LogP contribution is 1.43. The van der Waals surface area contributed by atoms with E-state index in [0.29, 0.717) is 0 Å². The number of aliphatic carboxylic acids is 4. The molecule has 1 amide bonds. The first-order valence-corrected chi connectivity index (χ1v) is 4.70. The number of hydrogen-bond acceptors (Lipinski definition) is 5. The average molecular weight is 326 g/mol. The molecular weight excluding hydrogens is 302 g/mol. The lowest BCUT2D eigenvalue weighted by molar-refractivity contribution is -0.135. The van der Waals surface area contributed by atoms with E-state index in [1.54, 1.807) is 0 Å². The van der Waals surface area contributed by atoms with Crippen molar-refractivity contribution in [3.05, 3.63) is 0 Å². The van der Waals surface area contributed by atoms with Crippen LogP contribution in [0.1, 0.15) is 34.6 Å². The molecule has 0 fully saturated rings. The lowest BCUT2D eigenvalue weighted by Crippen LogP contribution is -2.01. The number of amides is 1. The van der Waals surface area contributed by atoms with Crippen molar-refractivity contribution < 1.29 is 44.4 Å². The summed E-state index contributed by atoms with van der Waals surface area (Å²) in [6, 6.07) is 0. The SMILES string of the molecule is CC(=O)O.CC(=O)O.CC(=O)O.CC(=O)O.CC(N)=O.[MgH2]. The number of carboxylic acids is 4. The molecular formula is C10H23MgNO9. The van der Waals surface area contributed by atoms with E-state index >= 15 is 0 Å². The van der Waals surface area contributed by atoms with E-state index < -0.39 is 23.9 Å². The molecule has 0 bridgehead atoms. The first kappa shape index (κ1) is 36.5. The van der Waals surface area contributed by atoms with Crippen LogP contribution in [0.25, 0.3) is 0 Å². The molecule has 0 atom stereocenters. The van der Waals surface area contributed by atoms with Crippen molar-refractivity contribution in [2.75, 3.05) is 0 Å². The Kier molecular flexibility index (Phi) is 53.6. The zero-order chi connectivity index (χ0) is 17.9. The van der Waals surface area contributed by atoms with Crippen molar-refractivity contribution in [1.82, 2.24) is 0 Å². The minimum Gasteiger partial charge on any atom is -0.481 e. The minimum absolute atomic E-state index is 0. The molecule has 124 valence electrons. The number of nitrogens with two attached hydrogens (primary N) is 1. The third kappa shape index (κ3) is 1330. The van der Waals surface area contributed by atoms with Gasteiger partial charge in [-0.15, -0.1) is 0 Å². The smallest absolute Gasteiger partial charge is 0.316 e. The van der Waals surface area contributed by atoms with Crippen molar-refractivity contribution in [3.8, 4) is 0 Å². The van der Waals surface area contributed by atoms with Gasteiger partial charge in [0.25, 0.3) is 23.9 Å². The summed E-state index contributed by atoms with van der Waals surface area (Å²) in [7, 11) is 0. The van der Waals surface area contributed by atoms with Crippen molar-refractivity contribution >= 4 is 52.8 Å². The van der Waals surface area contributed by atoms with Crippen LogP contribution in [0.4, 0.5) is 0 Å². The van der Waals surface area contributed by atoms with E-state index in [9.17, 15) is 4.79 Å². The molecule has 0 aromatic carbocycles. The van der Waals surface area contributed by atoms with E-state index in [1.165, 1.54) is 6.92 Å². The Morgan fingerprint density at radius 1 is 0.571 bits per heavy atom. The molecule has 11 heteroatoms. The quantitative estimate of drug-likeness (QED) is 0.345. The van der Waals surface area contributed by atoms with Gasteiger partial charge in [0, 0.05) is 34.6 Å². The summed E-state index contributed by atoms with van der Waals surface area (Å²) in [6.45, 7) is 5.64. The van der Waals surface area contributed by atoms with E-state index in [0.717, 1.165) is 27.7 Å². The number of primary amides is 1. The van der Waals surface area contributed by atoms with Crippen LogP contribution in [0, 0.1) is 0 Å². The molecule has 0 rings (SSSR count). The number of carbonyl (C=O) groups is 5. The predicted octanol–water partition coefficient (Wildman–Crippen LogP) is -1.06. The summed E-state index contributed by atoms with van der Waals surface area (Å²) in [4.78, 5) is 45.2. The van der Waals surface area contributed by atoms with Crippen molar-refractivity contribution in [2.24, 2.45) is 5.73 Å². The topological polar surface area (TPSA) is 192 Å². The predicted molar refractivity (Wildman–Crippen MR) is 76.7 cm³/mol. The monoisotopic (exact) mass is 325 g/mol. The summed E-state index contributed by atoms with van der Waals surface area (Å²) in [5.41, 5.74) is 4.47. The largest absolute Gasteiger partial charge is 0.481 e. The van der Waals surface area contributed by atoms with Crippen LogP contribution in [-0.2, 0) is 24.0 Å². The molecule has 6 N–H and O–H groups in total. The molecule has 0 aromatic heterocycles. The minimum atomic E-state index is -0.833. The van der Waals surface area contributed by atoms with Crippen molar-refractivity contribution in [3.63, 3.8) is 0 Å². The van der Waals surface area contributed by atoms with Gasteiger partial charge in [-0.1, -0.05) is 0 Å². The second kappa shape index (κ2) is 30.9. The highest BCUT2D eigenvalue weighted by Gasteiger charge is 1.66. The van der Waals surface area contributed by atoms with Crippen LogP contribution in [0.2, 0.25) is 0 Å². The van der Waals surface area contributed by atoms with Gasteiger partial charge in [0.15, 0.2) is 0 Å². The number of carbonyl (C=O) groups excluding carboxylic acids is 1. The Hall–Kier alpha value is -1.88. The Morgan fingerprint density at radius 3 is 0.571 bits per heavy atom. The van der Waals surface area contributed by atoms with Gasteiger partial charge in [0.2, 0.25) is 5.91 Å². The van der Waals surface area contributed by atoms with Gasteiger partial charge in [-0.2, -0.15) is 0 Å². The van der Waals surface area contributed by atoms with E-state index in [4.69, 9.17) is 39.6 Å². The molecule has 0 unspecified atom stereocenters. The molecule has 0 aromatic rings. The van der Waals surface area contributed by atoms with Crippen molar-refractivity contribution in [2.45, 2.75) is 34.6 Å². The Balaban J connectivity index is -0.0000000331. The summed E-state index contributed by atoms with van der Waals surface area (Å²) >= 11 is 0. The Labute approximate surface area is 138 Å². The van der Waals surface area contributed by atoms with Crippen LogP contribution in [0.15, 0.2) is 0 Å². The number of hydrogen-bond donors (Lipinski definition) is 5. The first-order valence-electron chi connectivity index (χ1n) is 4.70. The molecule has 21 heavy (non-hydrogen) atoms. The van der Waals surface area contributed by atoms with Gasteiger partial charge in [-0.25, -0.2) is 0 Å². The fourth-order valence-electron chi connectivity index (χ4n) is 0. The molecule has 0 heterocycles. The van der Waals surface area contributed by atoms with Crippen molar-refractivity contribution in [1.29, 1.82) is 0 Å². The van der Waals surface area contributed by atoms with Gasteiger partial charge in [-0.3, -0.25) is 24.0 Å². The maximum absolute atomic E-state index is 9.22. The number of rotatable bonds is 0. The fraction of sp³-hybridized carbons (Fsp3) is 0.500. The van der Waals surface area contributed by atoms with Crippen LogP contribution in [0.3, 0.4) is 0 Å². The second-order valence-electron chi connectivity index (χ2n) is 2.69. The second-order valence-corrected chi connectivity index (χ2v) is 2.69. The van der Waals surface area contributed by atoms with Gasteiger partial charge >= 0.3 is 23.1 Å². The third-order valence-electron chi connectivity index (χ3n) is 0. The van der Waals surface area contributed by atoms with E-state index in [2.05, 4.69) is 5.73 Å².